The zero-order chi connectivity index (χ0) is 29.9. The number of aryl methyl sites for hydroxylation is 1. The first-order valence-electron chi connectivity index (χ1n) is 14.3. The molecule has 5 aromatic rings. The number of pyridine rings is 1. The van der Waals surface area contributed by atoms with E-state index in [1.54, 1.807) is 36.8 Å². The lowest BCUT2D eigenvalue weighted by molar-refractivity contribution is -0.116. The molecular weight excluding hydrogens is 560 g/mol. The van der Waals surface area contributed by atoms with Crippen molar-refractivity contribution in [3.8, 4) is 16.9 Å². The molecule has 2 amide bonds. The maximum atomic E-state index is 13.2. The quantitative estimate of drug-likeness (QED) is 0.194. The molecule has 0 atom stereocenters. The zero-order valence-electron chi connectivity index (χ0n) is 24.2. The number of anilines is 2. The normalized spacial score (nSPS) is 13.7. The molecule has 4 heterocycles. The SMILES string of the molecule is COc1cc(-c2csc3c(C=CC(=O)NCCN4CCCC4)cnc(N)c23)ccc1NC(=O)c1cc2ccccc2n1C. The van der Waals surface area contributed by atoms with Gasteiger partial charge in [0.1, 0.15) is 17.3 Å². The van der Waals surface area contributed by atoms with Crippen molar-refractivity contribution in [2.75, 3.05) is 44.3 Å². The minimum Gasteiger partial charge on any atom is -0.495 e. The van der Waals surface area contributed by atoms with E-state index in [-0.39, 0.29) is 11.8 Å². The number of carbonyl (C=O) groups excluding carboxylic acids is 2. The van der Waals surface area contributed by atoms with E-state index in [1.165, 1.54) is 12.8 Å². The highest BCUT2D eigenvalue weighted by Gasteiger charge is 2.18. The van der Waals surface area contributed by atoms with Crippen LogP contribution in [-0.2, 0) is 11.8 Å². The Morgan fingerprint density at radius 2 is 1.95 bits per heavy atom. The van der Waals surface area contributed by atoms with E-state index in [9.17, 15) is 9.59 Å². The standard InChI is InChI=1S/C33H34N6O3S/c1-38-26-8-4-3-7-22(26)17-27(38)33(41)37-25-11-9-21(18-28(25)42-2)24-20-43-31-23(19-36-32(34)30(24)31)10-12-29(40)35-13-16-39-14-5-6-15-39/h3-4,7-12,17-20H,5-6,13-16H2,1-2H3,(H2,34,36)(H,35,40)(H,37,41). The molecule has 0 bridgehead atoms. The number of methoxy groups -OCH3 is 1. The van der Waals surface area contributed by atoms with Gasteiger partial charge in [0.2, 0.25) is 5.91 Å². The number of nitrogen functional groups attached to an aromatic ring is 1. The van der Waals surface area contributed by atoms with Gasteiger partial charge in [0.25, 0.3) is 5.91 Å². The van der Waals surface area contributed by atoms with Gasteiger partial charge in [-0.05, 0) is 67.2 Å². The Labute approximate surface area is 254 Å². The van der Waals surface area contributed by atoms with Gasteiger partial charge in [0, 0.05) is 64.5 Å². The summed E-state index contributed by atoms with van der Waals surface area (Å²) >= 11 is 1.54. The lowest BCUT2D eigenvalue weighted by Crippen LogP contribution is -2.32. The van der Waals surface area contributed by atoms with Crippen LogP contribution in [0.15, 0.2) is 66.2 Å². The van der Waals surface area contributed by atoms with Crippen LogP contribution < -0.4 is 21.1 Å². The number of hydrogen-bond acceptors (Lipinski definition) is 7. The van der Waals surface area contributed by atoms with Crippen molar-refractivity contribution >= 4 is 61.7 Å². The van der Waals surface area contributed by atoms with Gasteiger partial charge in [0.05, 0.1) is 12.8 Å². The number of rotatable bonds is 9. The number of carbonyl (C=O) groups is 2. The van der Waals surface area contributed by atoms with Gasteiger partial charge in [0.15, 0.2) is 0 Å². The first-order valence-corrected chi connectivity index (χ1v) is 15.2. The van der Waals surface area contributed by atoms with Crippen LogP contribution in [0.5, 0.6) is 5.75 Å². The maximum absolute atomic E-state index is 13.2. The summed E-state index contributed by atoms with van der Waals surface area (Å²) in [6.07, 6.45) is 7.49. The Morgan fingerprint density at radius 3 is 2.74 bits per heavy atom. The van der Waals surface area contributed by atoms with Gasteiger partial charge in [-0.1, -0.05) is 24.3 Å². The molecule has 3 aromatic heterocycles. The molecule has 6 rings (SSSR count). The molecule has 220 valence electrons. The van der Waals surface area contributed by atoms with Crippen LogP contribution >= 0.6 is 11.3 Å². The Hall–Kier alpha value is -4.67. The molecule has 0 saturated carbocycles. The topological polar surface area (TPSA) is 115 Å². The predicted molar refractivity (Wildman–Crippen MR) is 175 cm³/mol. The average molecular weight is 595 g/mol. The number of hydrogen-bond donors (Lipinski definition) is 3. The molecule has 4 N–H and O–H groups in total. The third-order valence-corrected chi connectivity index (χ3v) is 8.97. The van der Waals surface area contributed by atoms with Crippen LogP contribution in [0.4, 0.5) is 11.5 Å². The van der Waals surface area contributed by atoms with E-state index in [0.717, 1.165) is 57.3 Å². The Bertz CT molecular complexity index is 1850. The highest BCUT2D eigenvalue weighted by atomic mass is 32.1. The summed E-state index contributed by atoms with van der Waals surface area (Å²) in [6, 6.07) is 15.4. The number of ether oxygens (including phenoxy) is 1. The number of fused-ring (bicyclic) bond motifs is 2. The van der Waals surface area contributed by atoms with Crippen LogP contribution in [0.1, 0.15) is 28.9 Å². The van der Waals surface area contributed by atoms with E-state index in [1.807, 2.05) is 65.5 Å². The van der Waals surface area contributed by atoms with Crippen molar-refractivity contribution in [1.82, 2.24) is 19.8 Å². The summed E-state index contributed by atoms with van der Waals surface area (Å²) in [6.45, 7) is 3.71. The van der Waals surface area contributed by atoms with Crippen LogP contribution in [0, 0.1) is 0 Å². The fourth-order valence-electron chi connectivity index (χ4n) is 5.64. The number of aromatic nitrogens is 2. The van der Waals surface area contributed by atoms with Crippen LogP contribution in [-0.4, -0.2) is 59.6 Å². The van der Waals surface area contributed by atoms with Crippen molar-refractivity contribution in [2.45, 2.75) is 12.8 Å². The second-order valence-electron chi connectivity index (χ2n) is 10.6. The van der Waals surface area contributed by atoms with Gasteiger partial charge in [-0.25, -0.2) is 4.98 Å². The van der Waals surface area contributed by atoms with Crippen LogP contribution in [0.25, 0.3) is 38.2 Å². The number of amides is 2. The lowest BCUT2D eigenvalue weighted by atomic mass is 10.0. The highest BCUT2D eigenvalue weighted by Crippen LogP contribution is 2.41. The first kappa shape index (κ1) is 28.4. The smallest absolute Gasteiger partial charge is 0.272 e. The van der Waals surface area contributed by atoms with Gasteiger partial charge in [-0.15, -0.1) is 11.3 Å². The summed E-state index contributed by atoms with van der Waals surface area (Å²) in [5.41, 5.74) is 11.1. The number of nitrogens with zero attached hydrogens (tertiary/aromatic N) is 3. The molecule has 10 heteroatoms. The molecular formula is C33H34N6O3S. The van der Waals surface area contributed by atoms with E-state index >= 15 is 0 Å². The molecule has 1 saturated heterocycles. The van der Waals surface area contributed by atoms with Crippen molar-refractivity contribution in [1.29, 1.82) is 0 Å². The molecule has 0 unspecified atom stereocenters. The van der Waals surface area contributed by atoms with Crippen molar-refractivity contribution in [2.24, 2.45) is 7.05 Å². The summed E-state index contributed by atoms with van der Waals surface area (Å²) < 4.78 is 8.50. The first-order chi connectivity index (χ1) is 20.9. The van der Waals surface area contributed by atoms with Gasteiger partial charge in [-0.2, -0.15) is 0 Å². The predicted octanol–water partition coefficient (Wildman–Crippen LogP) is 5.52. The summed E-state index contributed by atoms with van der Waals surface area (Å²) in [5.74, 6) is 0.574. The highest BCUT2D eigenvalue weighted by molar-refractivity contribution is 7.18. The summed E-state index contributed by atoms with van der Waals surface area (Å²) in [5, 5.41) is 9.81. The number of nitrogens with one attached hydrogen (secondary N) is 2. The van der Waals surface area contributed by atoms with E-state index in [4.69, 9.17) is 10.5 Å². The van der Waals surface area contributed by atoms with Gasteiger partial charge >= 0.3 is 0 Å². The fourth-order valence-corrected chi connectivity index (χ4v) is 6.72. The number of para-hydroxylation sites is 1. The monoisotopic (exact) mass is 594 g/mol. The van der Waals surface area contributed by atoms with E-state index < -0.39 is 0 Å². The molecule has 1 aliphatic rings. The molecule has 1 fully saturated rings. The van der Waals surface area contributed by atoms with Crippen molar-refractivity contribution < 1.29 is 14.3 Å². The third-order valence-electron chi connectivity index (χ3n) is 7.94. The molecule has 0 radical (unpaired) electrons. The largest absolute Gasteiger partial charge is 0.495 e. The van der Waals surface area contributed by atoms with Crippen LogP contribution in [0.2, 0.25) is 0 Å². The minimum atomic E-state index is -0.226. The second-order valence-corrected chi connectivity index (χ2v) is 11.5. The van der Waals surface area contributed by atoms with Crippen molar-refractivity contribution in [3.05, 3.63) is 77.4 Å². The minimum absolute atomic E-state index is 0.133. The molecule has 2 aromatic carbocycles. The Morgan fingerprint density at radius 1 is 1.14 bits per heavy atom. The number of nitrogens with two attached hydrogens (primary N) is 1. The molecule has 0 aliphatic carbocycles. The molecule has 1 aliphatic heterocycles. The van der Waals surface area contributed by atoms with Crippen LogP contribution in [0.3, 0.4) is 0 Å². The number of benzene rings is 2. The zero-order valence-corrected chi connectivity index (χ0v) is 25.0. The van der Waals surface area contributed by atoms with Gasteiger partial charge in [-0.3, -0.25) is 9.59 Å². The summed E-state index contributed by atoms with van der Waals surface area (Å²) in [7, 11) is 3.45. The third kappa shape index (κ3) is 5.84. The number of likely N-dealkylation sites (tertiary alicyclic amines) is 1. The number of thiophene rings is 1. The summed E-state index contributed by atoms with van der Waals surface area (Å²) in [4.78, 5) is 32.5. The van der Waals surface area contributed by atoms with Crippen molar-refractivity contribution in [3.63, 3.8) is 0 Å². The van der Waals surface area contributed by atoms with E-state index in [0.29, 0.717) is 29.5 Å². The molecule has 0 spiro atoms. The second kappa shape index (κ2) is 12.3. The molecule has 43 heavy (non-hydrogen) atoms. The van der Waals surface area contributed by atoms with Gasteiger partial charge < -0.3 is 30.6 Å². The lowest BCUT2D eigenvalue weighted by Gasteiger charge is -2.13. The average Bonchev–Trinajstić information content (AvgIpc) is 3.77. The van der Waals surface area contributed by atoms with E-state index in [2.05, 4.69) is 20.5 Å². The Balaban J connectivity index is 1.21. The maximum Gasteiger partial charge on any atom is 0.272 e. The Kier molecular flexibility index (Phi) is 8.13. The fraction of sp³-hybridized carbons (Fsp3) is 0.242. The molecule has 9 nitrogen and oxygen atoms in total.